The van der Waals surface area contributed by atoms with Crippen LogP contribution < -0.4 is 0 Å². The number of fused-ring (bicyclic) bond motifs is 1. The summed E-state index contributed by atoms with van der Waals surface area (Å²) in [5, 5.41) is 0.383. The summed E-state index contributed by atoms with van der Waals surface area (Å²) in [6.45, 7) is 1.62. The molecule has 3 rings (SSSR count). The Labute approximate surface area is 147 Å². The minimum atomic E-state index is -0.700. The number of imide groups is 1. The first-order valence-electron chi connectivity index (χ1n) is 7.10. The van der Waals surface area contributed by atoms with Crippen LogP contribution >= 0.6 is 23.4 Å². The summed E-state index contributed by atoms with van der Waals surface area (Å²) in [5.74, 6) is -1.98. The predicted octanol–water partition coefficient (Wildman–Crippen LogP) is 3.58. The summed E-state index contributed by atoms with van der Waals surface area (Å²) in [4.78, 5) is 42.3. The molecule has 5 nitrogen and oxygen atoms in total. The molecule has 1 atom stereocenters. The highest BCUT2D eigenvalue weighted by atomic mass is 35.5. The number of benzene rings is 2. The molecule has 2 aromatic carbocycles. The maximum atomic E-state index is 12.2. The molecule has 0 aliphatic carbocycles. The van der Waals surface area contributed by atoms with Crippen molar-refractivity contribution in [2.75, 3.05) is 0 Å². The van der Waals surface area contributed by atoms with E-state index in [1.54, 1.807) is 43.3 Å². The molecule has 1 heterocycles. The Kier molecular flexibility index (Phi) is 4.59. The van der Waals surface area contributed by atoms with Gasteiger partial charge in [0.2, 0.25) is 0 Å². The number of carbonyl (C=O) groups is 3. The molecule has 1 aliphatic heterocycles. The lowest BCUT2D eigenvalue weighted by Crippen LogP contribution is -2.35. The van der Waals surface area contributed by atoms with Gasteiger partial charge >= 0.3 is 5.97 Å². The molecule has 122 valence electrons. The fourth-order valence-electron chi connectivity index (χ4n) is 2.19. The van der Waals surface area contributed by atoms with Crippen LogP contribution in [0.1, 0.15) is 27.6 Å². The third-order valence-corrected chi connectivity index (χ3v) is 5.01. The second-order valence-electron chi connectivity index (χ2n) is 5.05. The van der Waals surface area contributed by atoms with E-state index in [1.807, 2.05) is 0 Å². The summed E-state index contributed by atoms with van der Waals surface area (Å²) in [7, 11) is 0. The molecule has 0 bridgehead atoms. The molecule has 0 radical (unpaired) electrons. The van der Waals surface area contributed by atoms with E-state index in [1.165, 1.54) is 23.9 Å². The first-order chi connectivity index (χ1) is 11.5. The molecule has 1 aliphatic rings. The van der Waals surface area contributed by atoms with Crippen molar-refractivity contribution >= 4 is 41.1 Å². The topological polar surface area (TPSA) is 63.7 Å². The second-order valence-corrected chi connectivity index (χ2v) is 6.84. The van der Waals surface area contributed by atoms with Crippen LogP contribution in [0.4, 0.5) is 0 Å². The molecule has 0 saturated heterocycles. The van der Waals surface area contributed by atoms with Crippen molar-refractivity contribution in [2.24, 2.45) is 0 Å². The van der Waals surface area contributed by atoms with E-state index in [4.69, 9.17) is 16.4 Å². The van der Waals surface area contributed by atoms with Crippen LogP contribution in [-0.4, -0.2) is 28.1 Å². The van der Waals surface area contributed by atoms with Crippen LogP contribution in [0.15, 0.2) is 53.4 Å². The van der Waals surface area contributed by atoms with Gasteiger partial charge < -0.3 is 4.84 Å². The van der Waals surface area contributed by atoms with Gasteiger partial charge in [0.1, 0.15) is 5.25 Å². The standard InChI is InChI=1S/C17H12ClNO4S/c1-10(24-14-9-5-4-8-13(14)18)17(22)23-19-15(20)11-6-2-3-7-12(11)16(19)21/h2-10H,1H3. The average molecular weight is 362 g/mol. The van der Waals surface area contributed by atoms with Gasteiger partial charge in [-0.05, 0) is 31.2 Å². The maximum Gasteiger partial charge on any atom is 0.346 e. The lowest BCUT2D eigenvalue weighted by Gasteiger charge is -2.16. The van der Waals surface area contributed by atoms with Crippen LogP contribution in [0.5, 0.6) is 0 Å². The average Bonchev–Trinajstić information content (AvgIpc) is 2.82. The lowest BCUT2D eigenvalue weighted by atomic mass is 10.1. The Morgan fingerprint density at radius 2 is 1.58 bits per heavy atom. The number of hydroxylamine groups is 2. The summed E-state index contributed by atoms with van der Waals surface area (Å²) < 4.78 is 0. The molecular weight excluding hydrogens is 350 g/mol. The van der Waals surface area contributed by atoms with Crippen LogP contribution in [0.2, 0.25) is 5.02 Å². The van der Waals surface area contributed by atoms with E-state index < -0.39 is 23.0 Å². The van der Waals surface area contributed by atoms with E-state index in [0.717, 1.165) is 0 Å². The molecule has 0 spiro atoms. The fourth-order valence-corrected chi connectivity index (χ4v) is 3.32. The lowest BCUT2D eigenvalue weighted by molar-refractivity contribution is -0.167. The SMILES string of the molecule is CC(Sc1ccccc1Cl)C(=O)ON1C(=O)c2ccccc2C1=O. The number of thioether (sulfide) groups is 1. The van der Waals surface area contributed by atoms with Gasteiger partial charge in [-0.3, -0.25) is 9.59 Å². The highest BCUT2D eigenvalue weighted by Gasteiger charge is 2.39. The molecule has 0 N–H and O–H groups in total. The van der Waals surface area contributed by atoms with Crippen LogP contribution in [-0.2, 0) is 9.63 Å². The normalized spacial score (nSPS) is 14.5. The minimum absolute atomic E-state index is 0.224. The zero-order chi connectivity index (χ0) is 17.3. The van der Waals surface area contributed by atoms with Crippen LogP contribution in [0.25, 0.3) is 0 Å². The van der Waals surface area contributed by atoms with E-state index in [2.05, 4.69) is 0 Å². The maximum absolute atomic E-state index is 12.2. The van der Waals surface area contributed by atoms with Crippen molar-refractivity contribution in [2.45, 2.75) is 17.1 Å². The summed E-state index contributed by atoms with van der Waals surface area (Å²) >= 11 is 7.25. The van der Waals surface area contributed by atoms with Crippen LogP contribution in [0.3, 0.4) is 0 Å². The predicted molar refractivity (Wildman–Crippen MR) is 89.8 cm³/mol. The Morgan fingerprint density at radius 1 is 1.04 bits per heavy atom. The van der Waals surface area contributed by atoms with Gasteiger partial charge in [-0.2, -0.15) is 0 Å². The first-order valence-corrected chi connectivity index (χ1v) is 8.35. The summed E-state index contributed by atoms with van der Waals surface area (Å²) in [6, 6.07) is 13.4. The summed E-state index contributed by atoms with van der Waals surface area (Å²) in [5.41, 5.74) is 0.448. The molecule has 2 amide bonds. The third-order valence-electron chi connectivity index (χ3n) is 3.41. The van der Waals surface area contributed by atoms with E-state index >= 15 is 0 Å². The Balaban J connectivity index is 1.70. The zero-order valence-electron chi connectivity index (χ0n) is 12.6. The number of hydrogen-bond donors (Lipinski definition) is 0. The third kappa shape index (κ3) is 3.02. The Bertz CT molecular complexity index is 804. The van der Waals surface area contributed by atoms with Gasteiger partial charge in [0.25, 0.3) is 11.8 Å². The zero-order valence-corrected chi connectivity index (χ0v) is 14.1. The quantitative estimate of drug-likeness (QED) is 0.615. The van der Waals surface area contributed by atoms with Crippen molar-refractivity contribution in [1.82, 2.24) is 5.06 Å². The smallest absolute Gasteiger partial charge is 0.328 e. The first kappa shape index (κ1) is 16.5. The number of nitrogens with zero attached hydrogens (tertiary/aromatic N) is 1. The number of amides is 2. The summed E-state index contributed by atoms with van der Waals surface area (Å²) in [6.07, 6.45) is 0. The van der Waals surface area contributed by atoms with Crippen molar-refractivity contribution in [3.05, 3.63) is 64.7 Å². The number of hydrogen-bond acceptors (Lipinski definition) is 5. The van der Waals surface area contributed by atoms with Crippen molar-refractivity contribution in [3.63, 3.8) is 0 Å². The molecule has 1 unspecified atom stereocenters. The largest absolute Gasteiger partial charge is 0.346 e. The molecule has 0 aromatic heterocycles. The fraction of sp³-hybridized carbons (Fsp3) is 0.118. The molecule has 2 aromatic rings. The van der Waals surface area contributed by atoms with Crippen molar-refractivity contribution < 1.29 is 19.2 Å². The van der Waals surface area contributed by atoms with Gasteiger partial charge in [-0.1, -0.05) is 40.9 Å². The molecule has 24 heavy (non-hydrogen) atoms. The van der Waals surface area contributed by atoms with Gasteiger partial charge in [0.05, 0.1) is 16.1 Å². The Morgan fingerprint density at radius 3 is 2.17 bits per heavy atom. The monoisotopic (exact) mass is 361 g/mol. The number of rotatable bonds is 4. The van der Waals surface area contributed by atoms with Gasteiger partial charge in [-0.15, -0.1) is 11.8 Å². The van der Waals surface area contributed by atoms with E-state index in [9.17, 15) is 14.4 Å². The Hall–Kier alpha value is -2.31. The van der Waals surface area contributed by atoms with Gasteiger partial charge in [0.15, 0.2) is 0 Å². The van der Waals surface area contributed by atoms with Gasteiger partial charge in [0, 0.05) is 4.90 Å². The second kappa shape index (κ2) is 6.67. The molecular formula is C17H12ClNO4S. The number of halogens is 1. The van der Waals surface area contributed by atoms with Crippen molar-refractivity contribution in [3.8, 4) is 0 Å². The molecule has 7 heteroatoms. The molecule has 0 saturated carbocycles. The van der Waals surface area contributed by atoms with Crippen LogP contribution in [0, 0.1) is 0 Å². The van der Waals surface area contributed by atoms with E-state index in [-0.39, 0.29) is 11.1 Å². The highest BCUT2D eigenvalue weighted by molar-refractivity contribution is 8.00. The van der Waals surface area contributed by atoms with E-state index in [0.29, 0.717) is 15.0 Å². The van der Waals surface area contributed by atoms with Gasteiger partial charge in [-0.25, -0.2) is 4.79 Å². The number of carbonyl (C=O) groups excluding carboxylic acids is 3. The molecule has 0 fully saturated rings. The minimum Gasteiger partial charge on any atom is -0.328 e. The highest BCUT2D eigenvalue weighted by Crippen LogP contribution is 2.31. The van der Waals surface area contributed by atoms with Crippen molar-refractivity contribution in [1.29, 1.82) is 0 Å².